The van der Waals surface area contributed by atoms with E-state index in [0.717, 1.165) is 53.4 Å². The topological polar surface area (TPSA) is 387 Å². The molecule has 29 nitrogen and oxygen atoms in total. The molecule has 5 heterocycles. The number of ether oxygens (including phenoxy) is 4. The molecule has 2 amide bonds. The zero-order valence-corrected chi connectivity index (χ0v) is 58.9. The summed E-state index contributed by atoms with van der Waals surface area (Å²) in [4.78, 5) is 71.4. The average molecular weight is 1550 g/mol. The van der Waals surface area contributed by atoms with Crippen LogP contribution in [0.4, 0.5) is 42.8 Å². The van der Waals surface area contributed by atoms with Gasteiger partial charge in [0.05, 0.1) is 67.2 Å². The molecule has 5 aromatic carbocycles. The van der Waals surface area contributed by atoms with Crippen LogP contribution in [0.15, 0.2) is 142 Å². The van der Waals surface area contributed by atoms with Crippen LogP contribution in [0.25, 0.3) is 10.4 Å². The maximum Gasteiger partial charge on any atom is 1.00 e. The summed E-state index contributed by atoms with van der Waals surface area (Å²) in [6.07, 6.45) is -2.92. The molecule has 0 spiro atoms. The Labute approximate surface area is 588 Å². The van der Waals surface area contributed by atoms with E-state index in [1.165, 1.54) is 53.3 Å². The van der Waals surface area contributed by atoms with Crippen LogP contribution in [0, 0.1) is 34.9 Å². The predicted octanol–water partition coefficient (Wildman–Crippen LogP) is 5.59. The van der Waals surface area contributed by atoms with Crippen LogP contribution < -0.4 is 49.1 Å². The number of hydrogen-bond acceptors (Lipinski definition) is 24. The number of para-hydroxylation sites is 1. The standard InChI is InChI=1S/C18H17NO3.C14H13F3N2O4S.C14H14IN5O6S.C12H8F3N5O3S.Na/c1-2-21-17(20)16-13-18(22-19-16,14-9-5-3-6-10-14)15-11-7-4-8-12-15;1-7-11(13(21)19(2)18-7)12(20)9-5-4-8(14(15,16)17)6-10(9)24(3,22)23;1-7-16-12(19-14(17-7)26-3)18-13(22)20-27(23,24)10-6-8(15)4-5-9(10)11(21)25-2;1-23-12-16-5-8(15)10-17-11(18-20(10)12)24(21,22)19-9-6(13)3-2-4-7(9)14;/h3-12H,2,13H2,1H3;4-6,21H,1-3H3;4-6H,1-3H3,(H2,16,17,18,19,20,22);2-5,19H,1H3;/q;;;;+1/p-1. The number of sulfone groups is 1. The summed E-state index contributed by atoms with van der Waals surface area (Å²) in [7, 11) is -8.21. The number of aryl methyl sites for hydroxylation is 3. The van der Waals surface area contributed by atoms with Gasteiger partial charge in [-0.3, -0.25) is 14.3 Å². The van der Waals surface area contributed by atoms with E-state index in [1.807, 2.05) is 83.3 Å². The zero-order chi connectivity index (χ0) is 71.5. The maximum atomic E-state index is 13.7. The number of carbonyl (C=O) groups excluding carboxylic acids is 4. The third-order valence-corrected chi connectivity index (χ3v) is 17.2. The van der Waals surface area contributed by atoms with Crippen LogP contribution in [0.5, 0.6) is 17.9 Å². The van der Waals surface area contributed by atoms with Crippen LogP contribution in [0.2, 0.25) is 0 Å². The van der Waals surface area contributed by atoms with Gasteiger partial charge in [-0.1, -0.05) is 71.9 Å². The van der Waals surface area contributed by atoms with Gasteiger partial charge in [0.1, 0.15) is 28.7 Å². The van der Waals surface area contributed by atoms with Crippen LogP contribution >= 0.6 is 22.6 Å². The second kappa shape index (κ2) is 32.3. The van der Waals surface area contributed by atoms with E-state index in [-0.39, 0.29) is 70.2 Å². The normalized spacial score (nSPS) is 12.4. The summed E-state index contributed by atoms with van der Waals surface area (Å²) in [5, 5.41) is 22.5. The number of aromatic hydroxyl groups is 1. The van der Waals surface area contributed by atoms with Gasteiger partial charge in [0.25, 0.3) is 15.2 Å². The van der Waals surface area contributed by atoms with Gasteiger partial charge < -0.3 is 38.9 Å². The summed E-state index contributed by atoms with van der Waals surface area (Å²) in [6, 6.07) is 26.7. The third-order valence-electron chi connectivity index (χ3n) is 12.9. The van der Waals surface area contributed by atoms with Crippen molar-refractivity contribution >= 4 is 99.2 Å². The molecular weight excluding hydrogens is 1490 g/mol. The van der Waals surface area contributed by atoms with Crippen molar-refractivity contribution in [3.8, 4) is 17.9 Å². The van der Waals surface area contributed by atoms with Crippen LogP contribution in [-0.2, 0) is 67.8 Å². The number of amides is 2. The molecule has 0 radical (unpaired) electrons. The first-order chi connectivity index (χ1) is 45.6. The quantitative estimate of drug-likeness (QED) is 0.0349. The van der Waals surface area contributed by atoms with Gasteiger partial charge in [-0.15, -0.1) is 5.10 Å². The number of oxime groups is 1. The fraction of sp³-hybridized carbons (Fsp3) is 0.207. The van der Waals surface area contributed by atoms with E-state index >= 15 is 0 Å². The summed E-state index contributed by atoms with van der Waals surface area (Å²) < 4.78 is 179. The van der Waals surface area contributed by atoms with Crippen molar-refractivity contribution in [2.75, 3.05) is 44.2 Å². The maximum absolute atomic E-state index is 13.7. The number of ketones is 1. The smallest absolute Gasteiger partial charge is 0.493 e. The first-order valence-corrected chi connectivity index (χ1v) is 33.1. The fourth-order valence-electron chi connectivity index (χ4n) is 8.59. The summed E-state index contributed by atoms with van der Waals surface area (Å²) in [5.41, 5.74) is -1.94. The first kappa shape index (κ1) is 77.6. The largest absolute Gasteiger partial charge is 1.00 e. The van der Waals surface area contributed by atoms with Gasteiger partial charge in [-0.2, -0.15) is 46.2 Å². The monoisotopic (exact) mass is 1550 g/mol. The number of esters is 2. The second-order valence-corrected chi connectivity index (χ2v) is 25.9. The molecule has 0 saturated carbocycles. The predicted molar refractivity (Wildman–Crippen MR) is 337 cm³/mol. The van der Waals surface area contributed by atoms with Crippen molar-refractivity contribution in [1.82, 2.24) is 44.3 Å². The van der Waals surface area contributed by atoms with Crippen LogP contribution in [0.3, 0.4) is 0 Å². The Balaban J connectivity index is 0.000000206. The van der Waals surface area contributed by atoms with Gasteiger partial charge in [0.15, 0.2) is 44.6 Å². The molecular formula is C58H51F6IN13NaO16S3. The number of benzene rings is 5. The number of alkyl halides is 3. The Hall–Kier alpha value is -9.42. The molecule has 0 bridgehead atoms. The van der Waals surface area contributed by atoms with Crippen molar-refractivity contribution in [3.05, 3.63) is 192 Å². The molecule has 10 rings (SSSR count). The summed E-state index contributed by atoms with van der Waals surface area (Å²) in [5.74, 6) is -5.94. The van der Waals surface area contributed by atoms with Crippen molar-refractivity contribution in [1.29, 1.82) is 0 Å². The number of urea groups is 1. The van der Waals surface area contributed by atoms with Gasteiger partial charge in [-0.05, 0) is 91.9 Å². The Bertz CT molecular complexity index is 4810. The molecule has 3 N–H and O–H groups in total. The van der Waals surface area contributed by atoms with Crippen molar-refractivity contribution in [2.24, 2.45) is 12.2 Å². The minimum Gasteiger partial charge on any atom is -0.493 e. The van der Waals surface area contributed by atoms with Gasteiger partial charge in [0, 0.05) is 33.6 Å². The third kappa shape index (κ3) is 18.4. The molecule has 0 unspecified atom stereocenters. The van der Waals surface area contributed by atoms with E-state index in [9.17, 15) is 75.9 Å². The number of aromatic nitrogens is 9. The van der Waals surface area contributed by atoms with E-state index in [2.05, 4.69) is 55.0 Å². The van der Waals surface area contributed by atoms with Gasteiger partial charge >= 0.3 is 59.7 Å². The van der Waals surface area contributed by atoms with E-state index in [1.54, 1.807) is 11.6 Å². The second-order valence-electron chi connectivity index (χ2n) is 19.5. The number of nitrogens with zero attached hydrogens (tertiary/aromatic N) is 11. The summed E-state index contributed by atoms with van der Waals surface area (Å²) in [6.45, 7) is 5.04. The number of nitrogens with one attached hydrogen (secondary N) is 2. The number of fused-ring (bicyclic) bond motifs is 1. The number of halogens is 7. The number of rotatable bonds is 16. The minimum atomic E-state index is -4.76. The van der Waals surface area contributed by atoms with E-state index < -0.39 is 126 Å². The molecule has 9 aromatic rings. The molecule has 98 heavy (non-hydrogen) atoms. The fourth-order valence-corrected chi connectivity index (χ4v) is 12.2. The van der Waals surface area contributed by atoms with Gasteiger partial charge in [-0.25, -0.2) is 54.2 Å². The number of hydrogen-bond donors (Lipinski definition) is 3. The molecule has 1 aliphatic rings. The van der Waals surface area contributed by atoms with Gasteiger partial charge in [0.2, 0.25) is 21.7 Å². The first-order valence-electron chi connectivity index (χ1n) is 27.2. The summed E-state index contributed by atoms with van der Waals surface area (Å²) >= 11 is 1.86. The number of carbonyl (C=O) groups is 4. The minimum absolute atomic E-state index is 0. The van der Waals surface area contributed by atoms with Crippen LogP contribution in [0.1, 0.15) is 67.8 Å². The van der Waals surface area contributed by atoms with Crippen molar-refractivity contribution in [3.63, 3.8) is 0 Å². The molecule has 1 aliphatic heterocycles. The molecule has 0 fully saturated rings. The molecule has 512 valence electrons. The van der Waals surface area contributed by atoms with Crippen LogP contribution in [-0.4, -0.2) is 138 Å². The average Bonchev–Trinajstić information content (AvgIpc) is 1.53. The Morgan fingerprint density at radius 3 is 1.92 bits per heavy atom. The Morgan fingerprint density at radius 1 is 0.765 bits per heavy atom. The number of anilines is 2. The number of methoxy groups -OCH3 is 3. The van der Waals surface area contributed by atoms with Crippen molar-refractivity contribution < 1.29 is 129 Å². The van der Waals surface area contributed by atoms with Crippen molar-refractivity contribution in [2.45, 2.75) is 53.9 Å². The number of sulfonamides is 2. The SMILES string of the molecule is CCOC(=O)C1=NOC(c2ccccc2)(c2ccccc2)C1.COC(=O)c1ccc(I)cc1S(=O)(=O)[N-]C(=O)Nc1nc(C)nc(OC)n1.COc1ncc(F)c2nc(S(=O)(=O)Nc3c(F)cccc3F)nn12.Cc1nn(C)c(O)c1C(=O)c1ccc(C(F)(F)F)cc1S(C)(=O)=O.[Na+]. The zero-order valence-electron chi connectivity index (χ0n) is 52.3. The Morgan fingerprint density at radius 2 is 1.38 bits per heavy atom. The van der Waals surface area contributed by atoms with E-state index in [4.69, 9.17) is 19.0 Å². The molecule has 40 heteroatoms. The van der Waals surface area contributed by atoms with E-state index in [0.29, 0.717) is 45.2 Å². The molecule has 0 atom stereocenters. The molecule has 4 aromatic heterocycles. The Kier molecular flexibility index (Phi) is 25.6. The molecule has 0 aliphatic carbocycles. The molecule has 0 saturated heterocycles.